The summed E-state index contributed by atoms with van der Waals surface area (Å²) in [6.07, 6.45) is 0.480. The van der Waals surface area contributed by atoms with Gasteiger partial charge in [0.15, 0.2) is 0 Å². The van der Waals surface area contributed by atoms with Crippen LogP contribution >= 0.6 is 11.6 Å². The fraction of sp³-hybridized carbons (Fsp3) is 0.667. The molecule has 1 amide bonds. The monoisotopic (exact) mass is 178 g/mol. The van der Waals surface area contributed by atoms with Gasteiger partial charge in [-0.3, -0.25) is 9.59 Å². The molecule has 0 unspecified atom stereocenters. The lowest BCUT2D eigenvalue weighted by Crippen LogP contribution is -2.41. The van der Waals surface area contributed by atoms with Gasteiger partial charge in [0.05, 0.1) is 6.54 Å². The van der Waals surface area contributed by atoms with Gasteiger partial charge in [-0.2, -0.15) is 0 Å². The Morgan fingerprint density at radius 1 is 1.64 bits per heavy atom. The Morgan fingerprint density at radius 3 is 2.45 bits per heavy atom. The van der Waals surface area contributed by atoms with E-state index < -0.39 is 11.3 Å². The summed E-state index contributed by atoms with van der Waals surface area (Å²) in [5, 5.41) is 1.81. The fourth-order valence-electron chi connectivity index (χ4n) is 0.573. The molecule has 0 aromatic heterocycles. The highest BCUT2D eigenvalue weighted by Gasteiger charge is 2.14. The number of nitrogens with two attached hydrogens (primary N) is 1. The fourth-order valence-corrected chi connectivity index (χ4v) is 0.781. The highest BCUT2D eigenvalue weighted by molar-refractivity contribution is 6.64. The average Bonchev–Trinajstić information content (AvgIpc) is 1.99. The van der Waals surface area contributed by atoms with Crippen molar-refractivity contribution in [3.05, 3.63) is 0 Å². The molecule has 1 atom stereocenters. The van der Waals surface area contributed by atoms with E-state index in [-0.39, 0.29) is 12.5 Å². The second-order valence-electron chi connectivity index (χ2n) is 2.04. The summed E-state index contributed by atoms with van der Waals surface area (Å²) in [7, 11) is 0. The average molecular weight is 179 g/mol. The maximum absolute atomic E-state index is 10.6. The Hall–Kier alpha value is -0.610. The molecule has 0 rings (SSSR count). The molecule has 0 heterocycles. The Kier molecular flexibility index (Phi) is 4.81. The van der Waals surface area contributed by atoms with Crippen LogP contribution in [-0.2, 0) is 9.59 Å². The van der Waals surface area contributed by atoms with Crippen molar-refractivity contribution in [1.82, 2.24) is 5.32 Å². The number of nitrogens with one attached hydrogen (secondary N) is 1. The van der Waals surface area contributed by atoms with Crippen LogP contribution in [0.15, 0.2) is 0 Å². The second-order valence-corrected chi connectivity index (χ2v) is 2.41. The molecule has 0 bridgehead atoms. The van der Waals surface area contributed by atoms with Crippen molar-refractivity contribution in [1.29, 1.82) is 0 Å². The number of hydrogen-bond acceptors (Lipinski definition) is 3. The van der Waals surface area contributed by atoms with Crippen LogP contribution in [0.5, 0.6) is 0 Å². The molecule has 0 aliphatic carbocycles. The van der Waals surface area contributed by atoms with Gasteiger partial charge < -0.3 is 11.1 Å². The SMILES string of the molecule is CC[C@@H](NC(=O)CN)C(=O)Cl. The summed E-state index contributed by atoms with van der Waals surface area (Å²) >= 11 is 5.15. The maximum atomic E-state index is 10.6. The molecule has 64 valence electrons. The van der Waals surface area contributed by atoms with E-state index in [9.17, 15) is 9.59 Å². The number of rotatable bonds is 4. The largest absolute Gasteiger partial charge is 0.344 e. The van der Waals surface area contributed by atoms with Crippen LogP contribution in [0.3, 0.4) is 0 Å². The molecule has 0 radical (unpaired) electrons. The minimum absolute atomic E-state index is 0.124. The van der Waals surface area contributed by atoms with Gasteiger partial charge in [0.25, 0.3) is 0 Å². The third kappa shape index (κ3) is 3.95. The van der Waals surface area contributed by atoms with Gasteiger partial charge in [-0.25, -0.2) is 0 Å². The van der Waals surface area contributed by atoms with Gasteiger partial charge in [-0.05, 0) is 18.0 Å². The van der Waals surface area contributed by atoms with E-state index in [2.05, 4.69) is 5.32 Å². The first-order valence-corrected chi connectivity index (χ1v) is 3.68. The van der Waals surface area contributed by atoms with Crippen LogP contribution in [0.4, 0.5) is 0 Å². The standard InChI is InChI=1S/C6H11ClN2O2/c1-2-4(6(7)11)9-5(10)3-8/h4H,2-3,8H2,1H3,(H,9,10)/t4-/m1/s1. The van der Waals surface area contributed by atoms with Crippen LogP contribution in [0.25, 0.3) is 0 Å². The van der Waals surface area contributed by atoms with Crippen LogP contribution < -0.4 is 11.1 Å². The Balaban J connectivity index is 3.88. The molecule has 5 heteroatoms. The van der Waals surface area contributed by atoms with Crippen molar-refractivity contribution in [3.8, 4) is 0 Å². The topological polar surface area (TPSA) is 72.2 Å². The molecular weight excluding hydrogens is 168 g/mol. The number of amides is 1. The number of carbonyl (C=O) groups is 2. The summed E-state index contributed by atoms with van der Waals surface area (Å²) in [6.45, 7) is 1.63. The summed E-state index contributed by atoms with van der Waals surface area (Å²) in [4.78, 5) is 21.2. The Bertz CT molecular complexity index is 161. The van der Waals surface area contributed by atoms with Gasteiger partial charge in [0, 0.05) is 0 Å². The number of halogens is 1. The molecule has 4 nitrogen and oxygen atoms in total. The van der Waals surface area contributed by atoms with E-state index in [0.29, 0.717) is 6.42 Å². The predicted octanol–water partition coefficient (Wildman–Crippen LogP) is -0.395. The van der Waals surface area contributed by atoms with Crippen molar-refractivity contribution in [2.24, 2.45) is 5.73 Å². The lowest BCUT2D eigenvalue weighted by molar-refractivity contribution is -0.123. The molecule has 0 aliphatic rings. The normalized spacial score (nSPS) is 12.3. The van der Waals surface area contributed by atoms with E-state index in [4.69, 9.17) is 17.3 Å². The first-order valence-electron chi connectivity index (χ1n) is 3.30. The molecule has 0 aromatic rings. The Labute approximate surface area is 70.1 Å². The van der Waals surface area contributed by atoms with Crippen molar-refractivity contribution >= 4 is 22.8 Å². The first kappa shape index (κ1) is 10.4. The third-order valence-electron chi connectivity index (χ3n) is 1.20. The molecule has 0 aliphatic heterocycles. The lowest BCUT2D eigenvalue weighted by Gasteiger charge is -2.10. The Morgan fingerprint density at radius 2 is 2.18 bits per heavy atom. The van der Waals surface area contributed by atoms with Crippen molar-refractivity contribution < 1.29 is 9.59 Å². The van der Waals surface area contributed by atoms with Gasteiger partial charge in [0.1, 0.15) is 6.04 Å². The van der Waals surface area contributed by atoms with E-state index in [1.54, 1.807) is 6.92 Å². The zero-order valence-electron chi connectivity index (χ0n) is 6.26. The lowest BCUT2D eigenvalue weighted by atomic mass is 10.2. The summed E-state index contributed by atoms with van der Waals surface area (Å²) in [5.41, 5.74) is 5.01. The van der Waals surface area contributed by atoms with Crippen LogP contribution in [0, 0.1) is 0 Å². The van der Waals surface area contributed by atoms with E-state index >= 15 is 0 Å². The smallest absolute Gasteiger partial charge is 0.243 e. The minimum atomic E-state index is -0.604. The molecule has 0 saturated heterocycles. The van der Waals surface area contributed by atoms with Crippen LogP contribution in [0.1, 0.15) is 13.3 Å². The van der Waals surface area contributed by atoms with Gasteiger partial charge >= 0.3 is 0 Å². The molecule has 0 aromatic carbocycles. The summed E-state index contributed by atoms with van der Waals surface area (Å²) < 4.78 is 0. The van der Waals surface area contributed by atoms with Crippen molar-refractivity contribution in [2.75, 3.05) is 6.54 Å². The van der Waals surface area contributed by atoms with E-state index in [1.807, 2.05) is 0 Å². The van der Waals surface area contributed by atoms with E-state index in [0.717, 1.165) is 0 Å². The third-order valence-corrected chi connectivity index (χ3v) is 1.47. The van der Waals surface area contributed by atoms with Gasteiger partial charge in [0.2, 0.25) is 11.1 Å². The number of hydrogen-bond donors (Lipinski definition) is 2. The van der Waals surface area contributed by atoms with Crippen molar-refractivity contribution in [3.63, 3.8) is 0 Å². The summed E-state index contributed by atoms with van der Waals surface area (Å²) in [5.74, 6) is -0.370. The molecule has 11 heavy (non-hydrogen) atoms. The minimum Gasteiger partial charge on any atom is -0.344 e. The van der Waals surface area contributed by atoms with Crippen LogP contribution in [-0.4, -0.2) is 23.7 Å². The zero-order valence-corrected chi connectivity index (χ0v) is 7.02. The molecule has 0 fully saturated rings. The molecule has 3 N–H and O–H groups in total. The highest BCUT2D eigenvalue weighted by atomic mass is 35.5. The summed E-state index contributed by atoms with van der Waals surface area (Å²) in [6, 6.07) is -0.604. The predicted molar refractivity (Wildman–Crippen MR) is 42.1 cm³/mol. The zero-order chi connectivity index (χ0) is 8.85. The van der Waals surface area contributed by atoms with E-state index in [1.165, 1.54) is 0 Å². The highest BCUT2D eigenvalue weighted by Crippen LogP contribution is 1.95. The number of carbonyl (C=O) groups excluding carboxylic acids is 2. The first-order chi connectivity index (χ1) is 5.11. The quantitative estimate of drug-likeness (QED) is 0.576. The molecule has 0 spiro atoms. The van der Waals surface area contributed by atoms with Gasteiger partial charge in [-0.1, -0.05) is 6.92 Å². The maximum Gasteiger partial charge on any atom is 0.243 e. The van der Waals surface area contributed by atoms with Crippen LogP contribution in [0.2, 0.25) is 0 Å². The van der Waals surface area contributed by atoms with Gasteiger partial charge in [-0.15, -0.1) is 0 Å². The molecule has 0 saturated carbocycles. The second kappa shape index (κ2) is 5.09. The molecular formula is C6H11ClN2O2. The van der Waals surface area contributed by atoms with Crippen molar-refractivity contribution in [2.45, 2.75) is 19.4 Å².